The molecule has 0 amide bonds. The predicted octanol–water partition coefficient (Wildman–Crippen LogP) is 24.7. The summed E-state index contributed by atoms with van der Waals surface area (Å²) >= 11 is 0. The zero-order chi connectivity index (χ0) is 59.3. The Morgan fingerprint density at radius 2 is 0.779 bits per heavy atom. The van der Waals surface area contributed by atoms with Gasteiger partial charge in [-0.25, -0.2) is 0 Å². The molecule has 0 nitrogen and oxygen atoms in total. The van der Waals surface area contributed by atoms with E-state index in [1.54, 1.807) is 0 Å². The largest absolute Gasteiger partial charge is 0.0766 e. The van der Waals surface area contributed by atoms with E-state index in [0.29, 0.717) is 0 Å². The van der Waals surface area contributed by atoms with E-state index in [2.05, 4.69) is 302 Å². The standard InChI is InChI=1S/C86H78/c1-83(2,3)65-41-63(42-66(49-65)84(4,5)6)75-73(59-35-23-33-53(37-59)51-25-15-13-16-26-51)77-71-47-61-39-55-29-19-20-30-56(55)40-62(61)48-72(71)78-74(60-36-24-34-54(38-60)52-27-17-14-18-28-52)76(64-43-67(85(7,8)9)50-68(44-64)86(10,11)12)80-70-46-58-32-22-21-31-57(58)45-69(70)79(75)82(80)81(77)78/h13-37,39-41,43-50,60,63H,38,42H2,1-12H3. The fraction of sp³-hybridized carbons (Fsp3) is 0.233. The summed E-state index contributed by atoms with van der Waals surface area (Å²) in [4.78, 5) is 0. The number of fused-ring (bicyclic) bond motifs is 9. The molecule has 11 aromatic rings. The molecule has 0 saturated heterocycles. The molecule has 4 aliphatic carbocycles. The zero-order valence-corrected chi connectivity index (χ0v) is 52.4. The summed E-state index contributed by atoms with van der Waals surface area (Å²) in [6.07, 6.45) is 14.4. The molecule has 0 aromatic heterocycles. The fourth-order valence-electron chi connectivity index (χ4n) is 15.1. The van der Waals surface area contributed by atoms with Crippen LogP contribution >= 0.6 is 0 Å². The molecule has 15 rings (SSSR count). The lowest BCUT2D eigenvalue weighted by atomic mass is 9.68. The van der Waals surface area contributed by atoms with E-state index < -0.39 is 0 Å². The predicted molar refractivity (Wildman–Crippen MR) is 372 cm³/mol. The van der Waals surface area contributed by atoms with Crippen LogP contribution in [0.2, 0.25) is 0 Å². The van der Waals surface area contributed by atoms with Crippen LogP contribution in [0.25, 0.3) is 127 Å². The molecule has 11 aromatic carbocycles. The van der Waals surface area contributed by atoms with Gasteiger partial charge in [0.15, 0.2) is 0 Å². The van der Waals surface area contributed by atoms with E-state index in [0.717, 1.165) is 12.8 Å². The van der Waals surface area contributed by atoms with Crippen molar-refractivity contribution in [2.24, 2.45) is 10.8 Å². The molecule has 4 aliphatic rings. The second-order valence-electron chi connectivity index (χ2n) is 29.6. The topological polar surface area (TPSA) is 0 Å². The van der Waals surface area contributed by atoms with Gasteiger partial charge in [-0.3, -0.25) is 0 Å². The van der Waals surface area contributed by atoms with E-state index in [-0.39, 0.29) is 33.5 Å². The third-order valence-electron chi connectivity index (χ3n) is 19.8. The van der Waals surface area contributed by atoms with Gasteiger partial charge in [0, 0.05) is 11.8 Å². The lowest BCUT2D eigenvalue weighted by molar-refractivity contribution is 0.455. The molecule has 0 saturated carbocycles. The van der Waals surface area contributed by atoms with Gasteiger partial charge in [-0.05, 0) is 237 Å². The lowest BCUT2D eigenvalue weighted by Gasteiger charge is -2.36. The first-order chi connectivity index (χ1) is 41.2. The van der Waals surface area contributed by atoms with Gasteiger partial charge in [0.05, 0.1) is 0 Å². The minimum Gasteiger partial charge on any atom is -0.0766 e. The molecule has 2 unspecified atom stereocenters. The Morgan fingerprint density at radius 1 is 0.326 bits per heavy atom. The molecule has 0 N–H and O–H groups in total. The molecule has 0 bridgehead atoms. The van der Waals surface area contributed by atoms with Gasteiger partial charge in [0.2, 0.25) is 0 Å². The number of benzene rings is 11. The van der Waals surface area contributed by atoms with Crippen LogP contribution in [0.5, 0.6) is 0 Å². The van der Waals surface area contributed by atoms with E-state index in [4.69, 9.17) is 0 Å². The highest BCUT2D eigenvalue weighted by Crippen LogP contribution is 2.68. The van der Waals surface area contributed by atoms with Crippen LogP contribution in [-0.2, 0) is 10.8 Å². The smallest absolute Gasteiger partial charge is 0.00744 e. The van der Waals surface area contributed by atoms with Crippen molar-refractivity contribution in [1.29, 1.82) is 0 Å². The SMILES string of the molecule is CC(C)(C)C1=CC(c2c(-c3cccc(-c4ccccc4)c3)c3c4c(c(C5C=CC=C(c6ccccc6)C5)c(-c5cc(C(C)(C)C)cc(C(C)(C)C)c5)c5c4c2-c2cc4ccccc4cc2-5)-c2cc4cc5ccccc5cc4cc2-3)CC(C(C)(C)C)=C1. The molecular formula is C86H78. The Kier molecular flexibility index (Phi) is 12.2. The van der Waals surface area contributed by atoms with Gasteiger partial charge in [-0.2, -0.15) is 0 Å². The summed E-state index contributed by atoms with van der Waals surface area (Å²) in [5.74, 6) is 0.118. The minimum absolute atomic E-state index is 0.0451. The molecule has 0 heterocycles. The molecule has 0 spiro atoms. The fourth-order valence-corrected chi connectivity index (χ4v) is 15.1. The summed E-state index contributed by atoms with van der Waals surface area (Å²) < 4.78 is 0. The Morgan fingerprint density at radius 3 is 1.30 bits per heavy atom. The van der Waals surface area contributed by atoms with Crippen LogP contribution in [-0.4, -0.2) is 0 Å². The van der Waals surface area contributed by atoms with Gasteiger partial charge in [-0.1, -0.05) is 265 Å². The lowest BCUT2D eigenvalue weighted by Crippen LogP contribution is -2.20. The number of allylic oxidation sites excluding steroid dienone is 8. The molecular weight excluding hydrogens is 1030 g/mol. The monoisotopic (exact) mass is 1110 g/mol. The van der Waals surface area contributed by atoms with E-state index >= 15 is 0 Å². The second kappa shape index (κ2) is 19.5. The van der Waals surface area contributed by atoms with Crippen molar-refractivity contribution in [1.82, 2.24) is 0 Å². The quantitative estimate of drug-likeness (QED) is 0.146. The highest BCUT2D eigenvalue weighted by atomic mass is 14.5. The Hall–Kier alpha value is -8.58. The Balaban J connectivity index is 1.21. The molecule has 0 radical (unpaired) electrons. The van der Waals surface area contributed by atoms with Crippen molar-refractivity contribution >= 4 is 48.7 Å². The van der Waals surface area contributed by atoms with Gasteiger partial charge >= 0.3 is 0 Å². The third-order valence-corrected chi connectivity index (χ3v) is 19.8. The van der Waals surface area contributed by atoms with Crippen molar-refractivity contribution in [2.75, 3.05) is 0 Å². The minimum atomic E-state index is -0.106. The first kappa shape index (κ1) is 54.1. The molecule has 86 heavy (non-hydrogen) atoms. The maximum atomic E-state index is 2.72. The van der Waals surface area contributed by atoms with Gasteiger partial charge in [0.25, 0.3) is 0 Å². The normalized spacial score (nSPS) is 16.4. The van der Waals surface area contributed by atoms with Crippen molar-refractivity contribution < 1.29 is 0 Å². The molecule has 0 heteroatoms. The maximum absolute atomic E-state index is 2.72. The summed E-state index contributed by atoms with van der Waals surface area (Å²) in [5, 5.41) is 10.4. The van der Waals surface area contributed by atoms with Gasteiger partial charge < -0.3 is 0 Å². The van der Waals surface area contributed by atoms with Crippen molar-refractivity contribution in [3.8, 4) is 77.9 Å². The molecule has 0 aliphatic heterocycles. The summed E-state index contributed by atoms with van der Waals surface area (Å²) in [6.45, 7) is 29.0. The highest BCUT2D eigenvalue weighted by Gasteiger charge is 2.43. The second-order valence-corrected chi connectivity index (χ2v) is 29.6. The zero-order valence-electron chi connectivity index (χ0n) is 52.4. The number of rotatable bonds is 6. The van der Waals surface area contributed by atoms with Gasteiger partial charge in [0.1, 0.15) is 0 Å². The Labute approximate surface area is 510 Å². The number of hydrogen-bond donors (Lipinski definition) is 0. The van der Waals surface area contributed by atoms with Crippen LogP contribution in [0.4, 0.5) is 0 Å². The summed E-state index contributed by atoms with van der Waals surface area (Å²) in [6, 6.07) is 73.1. The Bertz CT molecular complexity index is 4770. The van der Waals surface area contributed by atoms with E-state index in [1.165, 1.54) is 166 Å². The van der Waals surface area contributed by atoms with Crippen molar-refractivity contribution in [3.63, 3.8) is 0 Å². The third kappa shape index (κ3) is 8.84. The summed E-state index contributed by atoms with van der Waals surface area (Å²) in [7, 11) is 0. The summed E-state index contributed by atoms with van der Waals surface area (Å²) in [5.41, 5.74) is 29.6. The first-order valence-corrected chi connectivity index (χ1v) is 31.6. The van der Waals surface area contributed by atoms with Crippen LogP contribution in [0, 0.1) is 10.8 Å². The number of hydrogen-bond acceptors (Lipinski definition) is 0. The van der Waals surface area contributed by atoms with E-state index in [1.807, 2.05) is 0 Å². The van der Waals surface area contributed by atoms with Crippen molar-refractivity contribution in [3.05, 3.63) is 257 Å². The maximum Gasteiger partial charge on any atom is 0.00744 e. The average molecular weight is 1110 g/mol. The van der Waals surface area contributed by atoms with Crippen LogP contribution in [0.3, 0.4) is 0 Å². The van der Waals surface area contributed by atoms with Gasteiger partial charge in [-0.15, -0.1) is 0 Å². The molecule has 422 valence electrons. The first-order valence-electron chi connectivity index (χ1n) is 31.6. The van der Waals surface area contributed by atoms with Crippen LogP contribution < -0.4 is 0 Å². The van der Waals surface area contributed by atoms with E-state index in [9.17, 15) is 0 Å². The average Bonchev–Trinajstić information content (AvgIpc) is 1.49. The van der Waals surface area contributed by atoms with Crippen LogP contribution in [0.15, 0.2) is 230 Å². The molecule has 0 fully saturated rings. The molecule has 2 atom stereocenters. The highest BCUT2D eigenvalue weighted by molar-refractivity contribution is 6.34. The van der Waals surface area contributed by atoms with Crippen molar-refractivity contribution in [2.45, 2.75) is 119 Å². The van der Waals surface area contributed by atoms with Crippen LogP contribution in [0.1, 0.15) is 136 Å².